The molecule has 0 saturated heterocycles. The Bertz CT molecular complexity index is 618. The molecule has 0 unspecified atom stereocenters. The van der Waals surface area contributed by atoms with Crippen LogP contribution in [-0.4, -0.2) is 50.7 Å². The molecular formula is C13H18Cl2N2O3S. The molecule has 5 nitrogen and oxygen atoms in total. The highest BCUT2D eigenvalue weighted by atomic mass is 35.5. The topological polar surface area (TPSA) is 57.7 Å². The summed E-state index contributed by atoms with van der Waals surface area (Å²) < 4.78 is 26.3. The summed E-state index contributed by atoms with van der Waals surface area (Å²) in [4.78, 5) is 13.2. The number of sulfonamides is 1. The second-order valence-electron chi connectivity index (χ2n) is 4.70. The monoisotopic (exact) mass is 352 g/mol. The molecule has 0 aliphatic rings. The number of nitrogens with zero attached hydrogens (tertiary/aromatic N) is 2. The van der Waals surface area contributed by atoms with E-state index in [1.165, 1.54) is 23.1 Å². The lowest BCUT2D eigenvalue weighted by Gasteiger charge is -2.23. The molecule has 0 saturated carbocycles. The van der Waals surface area contributed by atoms with E-state index in [1.807, 2.05) is 6.92 Å². The fourth-order valence-corrected chi connectivity index (χ4v) is 3.48. The number of halogens is 2. The molecule has 0 aliphatic carbocycles. The SMILES string of the molecule is CCCN(CC(=O)N(C)C)S(=O)(=O)c1ccc(Cl)c(Cl)c1. The normalized spacial score (nSPS) is 11.7. The second kappa shape index (κ2) is 7.45. The Kier molecular flexibility index (Phi) is 6.46. The van der Waals surface area contributed by atoms with Gasteiger partial charge in [-0.3, -0.25) is 4.79 Å². The molecule has 1 rings (SSSR count). The van der Waals surface area contributed by atoms with Gasteiger partial charge in [-0.2, -0.15) is 4.31 Å². The number of benzene rings is 1. The summed E-state index contributed by atoms with van der Waals surface area (Å²) in [7, 11) is -0.625. The van der Waals surface area contributed by atoms with Crippen LogP contribution in [0.5, 0.6) is 0 Å². The van der Waals surface area contributed by atoms with Crippen molar-refractivity contribution in [3.63, 3.8) is 0 Å². The molecule has 0 bridgehead atoms. The number of carbonyl (C=O) groups excluding carboxylic acids is 1. The molecule has 0 aliphatic heterocycles. The van der Waals surface area contributed by atoms with Crippen molar-refractivity contribution in [3.05, 3.63) is 28.2 Å². The van der Waals surface area contributed by atoms with E-state index in [1.54, 1.807) is 14.1 Å². The molecule has 0 heterocycles. The Morgan fingerprint density at radius 1 is 1.19 bits per heavy atom. The highest BCUT2D eigenvalue weighted by molar-refractivity contribution is 7.89. The number of carbonyl (C=O) groups is 1. The molecule has 0 radical (unpaired) electrons. The molecule has 0 spiro atoms. The third kappa shape index (κ3) is 4.57. The quantitative estimate of drug-likeness (QED) is 0.790. The Hall–Kier alpha value is -0.820. The first kappa shape index (κ1) is 18.2. The number of hydrogen-bond acceptors (Lipinski definition) is 3. The first-order valence-electron chi connectivity index (χ1n) is 6.35. The zero-order valence-corrected chi connectivity index (χ0v) is 14.5. The smallest absolute Gasteiger partial charge is 0.243 e. The van der Waals surface area contributed by atoms with Crippen LogP contribution in [0.1, 0.15) is 13.3 Å². The van der Waals surface area contributed by atoms with E-state index in [-0.39, 0.29) is 33.9 Å². The molecule has 0 N–H and O–H groups in total. The highest BCUT2D eigenvalue weighted by Gasteiger charge is 2.27. The number of hydrogen-bond donors (Lipinski definition) is 0. The minimum Gasteiger partial charge on any atom is -0.348 e. The number of likely N-dealkylation sites (N-methyl/N-ethyl adjacent to an activating group) is 1. The van der Waals surface area contributed by atoms with Gasteiger partial charge in [0.2, 0.25) is 15.9 Å². The van der Waals surface area contributed by atoms with Gasteiger partial charge in [-0.15, -0.1) is 0 Å². The summed E-state index contributed by atoms with van der Waals surface area (Å²) in [6.45, 7) is 1.89. The summed E-state index contributed by atoms with van der Waals surface area (Å²) >= 11 is 11.7. The van der Waals surface area contributed by atoms with Crippen LogP contribution in [0.15, 0.2) is 23.1 Å². The lowest BCUT2D eigenvalue weighted by Crippen LogP contribution is -2.40. The highest BCUT2D eigenvalue weighted by Crippen LogP contribution is 2.26. The van der Waals surface area contributed by atoms with Gasteiger partial charge in [-0.05, 0) is 24.6 Å². The van der Waals surface area contributed by atoms with Gasteiger partial charge in [0.25, 0.3) is 0 Å². The van der Waals surface area contributed by atoms with E-state index in [9.17, 15) is 13.2 Å². The third-order valence-electron chi connectivity index (χ3n) is 2.81. The fourth-order valence-electron chi connectivity index (χ4n) is 1.61. The maximum Gasteiger partial charge on any atom is 0.243 e. The van der Waals surface area contributed by atoms with Crippen LogP contribution in [0.25, 0.3) is 0 Å². The van der Waals surface area contributed by atoms with Gasteiger partial charge < -0.3 is 4.90 Å². The van der Waals surface area contributed by atoms with Crippen molar-refractivity contribution in [1.82, 2.24) is 9.21 Å². The zero-order chi connectivity index (χ0) is 16.2. The Labute approximate surface area is 135 Å². The minimum absolute atomic E-state index is 0.0249. The molecule has 21 heavy (non-hydrogen) atoms. The fraction of sp³-hybridized carbons (Fsp3) is 0.462. The Morgan fingerprint density at radius 2 is 1.81 bits per heavy atom. The van der Waals surface area contributed by atoms with Gasteiger partial charge in [-0.25, -0.2) is 8.42 Å². The van der Waals surface area contributed by atoms with Crippen LogP contribution in [0, 0.1) is 0 Å². The van der Waals surface area contributed by atoms with Crippen LogP contribution < -0.4 is 0 Å². The van der Waals surface area contributed by atoms with E-state index >= 15 is 0 Å². The van der Waals surface area contributed by atoms with Crippen molar-refractivity contribution in [1.29, 1.82) is 0 Å². The van der Waals surface area contributed by atoms with Crippen LogP contribution in [0.4, 0.5) is 0 Å². The first-order valence-corrected chi connectivity index (χ1v) is 8.55. The van der Waals surface area contributed by atoms with Gasteiger partial charge in [0.1, 0.15) is 0 Å². The summed E-state index contributed by atoms with van der Waals surface area (Å²) in [5, 5.41) is 0.440. The standard InChI is InChI=1S/C13H18Cl2N2O3S/c1-4-7-17(9-13(18)16(2)3)21(19,20)10-5-6-11(14)12(15)8-10/h5-6,8H,4,7,9H2,1-3H3. The van der Waals surface area contributed by atoms with Crippen LogP contribution in [-0.2, 0) is 14.8 Å². The van der Waals surface area contributed by atoms with E-state index < -0.39 is 10.0 Å². The molecule has 0 atom stereocenters. The van der Waals surface area contributed by atoms with Crippen molar-refractivity contribution in [2.24, 2.45) is 0 Å². The van der Waals surface area contributed by atoms with Crippen LogP contribution >= 0.6 is 23.2 Å². The summed E-state index contributed by atoms with van der Waals surface area (Å²) in [5.74, 6) is -0.285. The van der Waals surface area contributed by atoms with Crippen molar-refractivity contribution in [2.45, 2.75) is 18.2 Å². The zero-order valence-electron chi connectivity index (χ0n) is 12.1. The van der Waals surface area contributed by atoms with Gasteiger partial charge in [0, 0.05) is 20.6 Å². The summed E-state index contributed by atoms with van der Waals surface area (Å²) in [6, 6.07) is 4.10. The summed E-state index contributed by atoms with van der Waals surface area (Å²) in [5.41, 5.74) is 0. The molecule has 0 aromatic heterocycles. The van der Waals surface area contributed by atoms with Crippen molar-refractivity contribution in [2.75, 3.05) is 27.2 Å². The number of amides is 1. The van der Waals surface area contributed by atoms with Crippen LogP contribution in [0.2, 0.25) is 10.0 Å². The molecule has 0 fully saturated rings. The van der Waals surface area contributed by atoms with Gasteiger partial charge in [-0.1, -0.05) is 30.1 Å². The first-order chi connectivity index (χ1) is 9.70. The Balaban J connectivity index is 3.15. The van der Waals surface area contributed by atoms with Crippen molar-refractivity contribution >= 4 is 39.1 Å². The predicted octanol–water partition coefficient (Wildman–Crippen LogP) is 2.48. The van der Waals surface area contributed by atoms with E-state index in [2.05, 4.69) is 0 Å². The maximum atomic E-state index is 12.6. The minimum atomic E-state index is -3.79. The number of rotatable bonds is 6. The largest absolute Gasteiger partial charge is 0.348 e. The van der Waals surface area contributed by atoms with Gasteiger partial charge in [0.15, 0.2) is 0 Å². The lowest BCUT2D eigenvalue weighted by molar-refractivity contribution is -0.128. The molecule has 1 aromatic rings. The van der Waals surface area contributed by atoms with Crippen LogP contribution in [0.3, 0.4) is 0 Å². The van der Waals surface area contributed by atoms with Crippen molar-refractivity contribution in [3.8, 4) is 0 Å². The lowest BCUT2D eigenvalue weighted by atomic mass is 10.4. The molecule has 1 aromatic carbocycles. The molecular weight excluding hydrogens is 335 g/mol. The van der Waals surface area contributed by atoms with Gasteiger partial charge >= 0.3 is 0 Å². The molecule has 1 amide bonds. The van der Waals surface area contributed by atoms with Crippen molar-refractivity contribution < 1.29 is 13.2 Å². The van der Waals surface area contributed by atoms with E-state index in [0.717, 1.165) is 4.31 Å². The Morgan fingerprint density at radius 3 is 2.29 bits per heavy atom. The second-order valence-corrected chi connectivity index (χ2v) is 7.46. The maximum absolute atomic E-state index is 12.6. The van der Waals surface area contributed by atoms with E-state index in [4.69, 9.17) is 23.2 Å². The third-order valence-corrected chi connectivity index (χ3v) is 5.39. The molecule has 118 valence electrons. The average Bonchev–Trinajstić information content (AvgIpc) is 2.40. The molecule has 8 heteroatoms. The average molecular weight is 353 g/mol. The van der Waals surface area contributed by atoms with E-state index in [0.29, 0.717) is 6.42 Å². The summed E-state index contributed by atoms with van der Waals surface area (Å²) in [6.07, 6.45) is 0.598. The van der Waals surface area contributed by atoms with Gasteiger partial charge in [0.05, 0.1) is 21.5 Å². The predicted molar refractivity (Wildman–Crippen MR) is 84.2 cm³/mol.